The summed E-state index contributed by atoms with van der Waals surface area (Å²) in [5.74, 6) is 0.989. The van der Waals surface area contributed by atoms with Crippen LogP contribution in [0.15, 0.2) is 36.8 Å². The largest absolute Gasteiger partial charge is 0.354 e. The van der Waals surface area contributed by atoms with Crippen molar-refractivity contribution >= 4 is 5.82 Å². The second kappa shape index (κ2) is 6.67. The number of rotatable bonds is 5. The van der Waals surface area contributed by atoms with Crippen molar-refractivity contribution < 1.29 is 0 Å². The van der Waals surface area contributed by atoms with Crippen molar-refractivity contribution in [1.29, 1.82) is 0 Å². The molecule has 0 N–H and O–H groups in total. The van der Waals surface area contributed by atoms with Gasteiger partial charge in [0.05, 0.1) is 6.54 Å². The van der Waals surface area contributed by atoms with Crippen LogP contribution in [0.2, 0.25) is 0 Å². The molecule has 0 saturated carbocycles. The highest BCUT2D eigenvalue weighted by molar-refractivity contribution is 5.37. The van der Waals surface area contributed by atoms with Gasteiger partial charge >= 0.3 is 0 Å². The minimum Gasteiger partial charge on any atom is -0.354 e. The lowest BCUT2D eigenvalue weighted by molar-refractivity contribution is 0.205. The third kappa shape index (κ3) is 3.58. The molecular weight excluding hydrogens is 264 g/mol. The third-order valence-corrected chi connectivity index (χ3v) is 4.14. The first-order valence-corrected chi connectivity index (χ1v) is 7.53. The Morgan fingerprint density at radius 1 is 1.33 bits per heavy atom. The smallest absolute Gasteiger partial charge is 0.151 e. The van der Waals surface area contributed by atoms with Crippen LogP contribution in [0.1, 0.15) is 12.8 Å². The van der Waals surface area contributed by atoms with Gasteiger partial charge in [0.2, 0.25) is 0 Å². The normalized spacial score (nSPS) is 19.1. The number of likely N-dealkylation sites (N-methyl/N-ethyl adjacent to an activating group) is 1. The molecule has 1 aliphatic rings. The summed E-state index contributed by atoms with van der Waals surface area (Å²) >= 11 is 0. The van der Waals surface area contributed by atoms with Gasteiger partial charge in [0.15, 0.2) is 5.82 Å². The Morgan fingerprint density at radius 3 is 3.05 bits per heavy atom. The SMILES string of the molecule is CN(CCn1cccn1)C1CCCN(c2cccnn2)C1. The van der Waals surface area contributed by atoms with Crippen molar-refractivity contribution in [3.63, 3.8) is 0 Å². The number of aromatic nitrogens is 4. The quantitative estimate of drug-likeness (QED) is 0.828. The van der Waals surface area contributed by atoms with Crippen molar-refractivity contribution in [2.45, 2.75) is 25.4 Å². The van der Waals surface area contributed by atoms with Crippen molar-refractivity contribution in [3.8, 4) is 0 Å². The van der Waals surface area contributed by atoms with E-state index in [1.54, 1.807) is 6.20 Å². The van der Waals surface area contributed by atoms with Crippen molar-refractivity contribution in [2.75, 3.05) is 31.6 Å². The van der Waals surface area contributed by atoms with Gasteiger partial charge in [-0.3, -0.25) is 9.58 Å². The van der Waals surface area contributed by atoms with E-state index in [1.165, 1.54) is 12.8 Å². The van der Waals surface area contributed by atoms with E-state index in [0.29, 0.717) is 6.04 Å². The zero-order valence-electron chi connectivity index (χ0n) is 12.5. The topological polar surface area (TPSA) is 50.1 Å². The van der Waals surface area contributed by atoms with Gasteiger partial charge in [0.25, 0.3) is 0 Å². The van der Waals surface area contributed by atoms with Crippen LogP contribution in [0.5, 0.6) is 0 Å². The number of nitrogens with zero attached hydrogens (tertiary/aromatic N) is 6. The van der Waals surface area contributed by atoms with Crippen LogP contribution in [-0.2, 0) is 6.54 Å². The number of piperidine rings is 1. The van der Waals surface area contributed by atoms with Gasteiger partial charge in [-0.25, -0.2) is 0 Å². The standard InChI is InChI=1S/C15H22N6/c1-19(11-12-21-10-4-8-17-21)14-5-3-9-20(13-14)15-6-2-7-16-18-15/h2,4,6-8,10,14H,3,5,9,11-13H2,1H3. The molecule has 2 aromatic rings. The molecule has 6 nitrogen and oxygen atoms in total. The van der Waals surface area contributed by atoms with E-state index in [2.05, 4.69) is 32.1 Å². The minimum atomic E-state index is 0.566. The van der Waals surface area contributed by atoms with Crippen LogP contribution in [0.3, 0.4) is 0 Å². The minimum absolute atomic E-state index is 0.566. The lowest BCUT2D eigenvalue weighted by Crippen LogP contribution is -2.47. The number of hydrogen-bond donors (Lipinski definition) is 0. The molecule has 1 unspecified atom stereocenters. The molecule has 6 heteroatoms. The van der Waals surface area contributed by atoms with Gasteiger partial charge in [0.1, 0.15) is 0 Å². The number of anilines is 1. The van der Waals surface area contributed by atoms with Gasteiger partial charge in [0, 0.05) is 44.3 Å². The number of hydrogen-bond acceptors (Lipinski definition) is 5. The molecule has 3 heterocycles. The summed E-state index contributed by atoms with van der Waals surface area (Å²) in [6.45, 7) is 4.04. The molecule has 1 atom stereocenters. The van der Waals surface area contributed by atoms with Gasteiger partial charge < -0.3 is 4.90 Å². The first-order chi connectivity index (χ1) is 10.3. The second-order valence-electron chi connectivity index (χ2n) is 5.57. The zero-order chi connectivity index (χ0) is 14.5. The fourth-order valence-electron chi connectivity index (χ4n) is 2.86. The summed E-state index contributed by atoms with van der Waals surface area (Å²) in [7, 11) is 2.20. The third-order valence-electron chi connectivity index (χ3n) is 4.14. The first kappa shape index (κ1) is 14.0. The maximum absolute atomic E-state index is 4.26. The molecule has 0 amide bonds. The molecule has 1 aliphatic heterocycles. The van der Waals surface area contributed by atoms with Crippen LogP contribution in [-0.4, -0.2) is 57.6 Å². The highest BCUT2D eigenvalue weighted by atomic mass is 15.3. The molecular formula is C15H22N6. The molecule has 0 radical (unpaired) electrons. The van der Waals surface area contributed by atoms with Crippen LogP contribution < -0.4 is 4.90 Å². The summed E-state index contributed by atoms with van der Waals surface area (Å²) < 4.78 is 1.99. The molecule has 1 saturated heterocycles. The molecule has 21 heavy (non-hydrogen) atoms. The summed E-state index contributed by atoms with van der Waals surface area (Å²) in [4.78, 5) is 4.77. The Labute approximate surface area is 125 Å². The van der Waals surface area contributed by atoms with E-state index in [-0.39, 0.29) is 0 Å². The van der Waals surface area contributed by atoms with Crippen LogP contribution in [0.25, 0.3) is 0 Å². The van der Waals surface area contributed by atoms with Gasteiger partial charge in [-0.2, -0.15) is 10.2 Å². The highest BCUT2D eigenvalue weighted by Gasteiger charge is 2.23. The van der Waals surface area contributed by atoms with Crippen molar-refractivity contribution in [3.05, 3.63) is 36.8 Å². The van der Waals surface area contributed by atoms with Gasteiger partial charge in [-0.05, 0) is 38.1 Å². The highest BCUT2D eigenvalue weighted by Crippen LogP contribution is 2.19. The fraction of sp³-hybridized carbons (Fsp3) is 0.533. The molecule has 1 fully saturated rings. The summed E-state index contributed by atoms with van der Waals surface area (Å²) in [6.07, 6.45) is 8.01. The molecule has 0 aliphatic carbocycles. The lowest BCUT2D eigenvalue weighted by Gasteiger charge is -2.38. The van der Waals surface area contributed by atoms with Crippen LogP contribution in [0, 0.1) is 0 Å². The van der Waals surface area contributed by atoms with Crippen LogP contribution >= 0.6 is 0 Å². The fourth-order valence-corrected chi connectivity index (χ4v) is 2.86. The predicted molar refractivity (Wildman–Crippen MR) is 82.1 cm³/mol. The maximum atomic E-state index is 4.26. The molecule has 3 rings (SSSR count). The van der Waals surface area contributed by atoms with E-state index in [0.717, 1.165) is 32.0 Å². The van der Waals surface area contributed by atoms with E-state index >= 15 is 0 Å². The van der Waals surface area contributed by atoms with Gasteiger partial charge in [-0.1, -0.05) is 0 Å². The van der Waals surface area contributed by atoms with E-state index < -0.39 is 0 Å². The zero-order valence-corrected chi connectivity index (χ0v) is 12.5. The second-order valence-corrected chi connectivity index (χ2v) is 5.57. The Hall–Kier alpha value is -1.95. The molecule has 2 aromatic heterocycles. The van der Waals surface area contributed by atoms with E-state index in [9.17, 15) is 0 Å². The van der Waals surface area contributed by atoms with Crippen molar-refractivity contribution in [2.24, 2.45) is 0 Å². The Morgan fingerprint density at radius 2 is 2.29 bits per heavy atom. The molecule has 0 aromatic carbocycles. The predicted octanol–water partition coefficient (Wildman–Crippen LogP) is 1.27. The summed E-state index contributed by atoms with van der Waals surface area (Å²) in [5, 5.41) is 12.5. The van der Waals surface area contributed by atoms with E-state index in [4.69, 9.17) is 0 Å². The van der Waals surface area contributed by atoms with Crippen molar-refractivity contribution in [1.82, 2.24) is 24.9 Å². The Kier molecular flexibility index (Phi) is 4.45. The monoisotopic (exact) mass is 286 g/mol. The van der Waals surface area contributed by atoms with Gasteiger partial charge in [-0.15, -0.1) is 5.10 Å². The molecule has 0 bridgehead atoms. The maximum Gasteiger partial charge on any atom is 0.151 e. The molecule has 0 spiro atoms. The Balaban J connectivity index is 1.55. The average molecular weight is 286 g/mol. The lowest BCUT2D eigenvalue weighted by atomic mass is 10.0. The van der Waals surface area contributed by atoms with Crippen LogP contribution in [0.4, 0.5) is 5.82 Å². The summed E-state index contributed by atoms with van der Waals surface area (Å²) in [6, 6.07) is 6.53. The Bertz CT molecular complexity index is 526. The first-order valence-electron chi connectivity index (χ1n) is 7.53. The summed E-state index contributed by atoms with van der Waals surface area (Å²) in [5.41, 5.74) is 0. The average Bonchev–Trinajstić information content (AvgIpc) is 3.07. The van der Waals surface area contributed by atoms with E-state index in [1.807, 2.05) is 35.3 Å². The molecule has 112 valence electrons.